The SMILES string of the molecule is NC(N)=NCCCNCc1ccc(-c2cnc(NC(N)=NCCCc3cc(F)c(F)cc3F)[nH]c2=O)cc1F. The second-order valence-electron chi connectivity index (χ2n) is 8.47. The Morgan fingerprint density at radius 1 is 0.897 bits per heavy atom. The average Bonchev–Trinajstić information content (AvgIpc) is 2.87. The summed E-state index contributed by atoms with van der Waals surface area (Å²) in [5, 5.41) is 5.72. The van der Waals surface area contributed by atoms with Gasteiger partial charge in [-0.3, -0.25) is 25.1 Å². The molecule has 3 aromatic rings. The fraction of sp³-hybridized carbons (Fsp3) is 0.280. The van der Waals surface area contributed by atoms with Crippen molar-refractivity contribution < 1.29 is 17.6 Å². The number of guanidine groups is 2. The van der Waals surface area contributed by atoms with Crippen LogP contribution in [0, 0.1) is 23.3 Å². The number of aromatic amines is 1. The van der Waals surface area contributed by atoms with Gasteiger partial charge in [0.25, 0.3) is 5.56 Å². The quantitative estimate of drug-likeness (QED) is 0.0662. The molecule has 0 aliphatic heterocycles. The molecule has 0 atom stereocenters. The number of rotatable bonds is 12. The lowest BCUT2D eigenvalue weighted by molar-refractivity contribution is 0.489. The largest absolute Gasteiger partial charge is 0.370 e. The lowest BCUT2D eigenvalue weighted by Crippen LogP contribution is -2.26. The summed E-state index contributed by atoms with van der Waals surface area (Å²) in [6, 6.07) is 5.75. The fourth-order valence-corrected chi connectivity index (χ4v) is 3.54. The lowest BCUT2D eigenvalue weighted by Gasteiger charge is -2.09. The summed E-state index contributed by atoms with van der Waals surface area (Å²) < 4.78 is 54.6. The molecule has 208 valence electrons. The van der Waals surface area contributed by atoms with Crippen LogP contribution in [0.2, 0.25) is 0 Å². The molecule has 3 rings (SSSR count). The molecule has 39 heavy (non-hydrogen) atoms. The number of aryl methyl sites for hydroxylation is 1. The second-order valence-corrected chi connectivity index (χ2v) is 8.47. The van der Waals surface area contributed by atoms with Gasteiger partial charge >= 0.3 is 0 Å². The van der Waals surface area contributed by atoms with Crippen LogP contribution in [0.3, 0.4) is 0 Å². The minimum atomic E-state index is -1.25. The molecule has 0 spiro atoms. The predicted octanol–water partition coefficient (Wildman–Crippen LogP) is 2.11. The number of aliphatic imine (C=N–C) groups is 2. The van der Waals surface area contributed by atoms with E-state index in [0.29, 0.717) is 49.7 Å². The maximum atomic E-state index is 14.6. The molecular weight excluding hydrogens is 518 g/mol. The summed E-state index contributed by atoms with van der Waals surface area (Å²) in [5.74, 6) is -3.74. The summed E-state index contributed by atoms with van der Waals surface area (Å²) >= 11 is 0. The first-order valence-electron chi connectivity index (χ1n) is 12.0. The summed E-state index contributed by atoms with van der Waals surface area (Å²) in [5.41, 5.74) is 16.7. The molecule has 10 nitrogen and oxygen atoms in total. The number of hydrogen-bond donors (Lipinski definition) is 6. The second kappa shape index (κ2) is 13.9. The minimum Gasteiger partial charge on any atom is -0.370 e. The van der Waals surface area contributed by atoms with E-state index in [1.165, 1.54) is 12.3 Å². The van der Waals surface area contributed by atoms with E-state index in [0.717, 1.165) is 6.07 Å². The van der Waals surface area contributed by atoms with Gasteiger partial charge in [-0.25, -0.2) is 22.5 Å². The Labute approximate surface area is 221 Å². The third-order valence-electron chi connectivity index (χ3n) is 5.51. The van der Waals surface area contributed by atoms with Crippen molar-refractivity contribution in [2.24, 2.45) is 27.2 Å². The van der Waals surface area contributed by atoms with Crippen LogP contribution in [0.25, 0.3) is 11.1 Å². The van der Waals surface area contributed by atoms with E-state index in [1.54, 1.807) is 12.1 Å². The number of aromatic nitrogens is 2. The van der Waals surface area contributed by atoms with Crippen LogP contribution in [0.15, 0.2) is 51.3 Å². The van der Waals surface area contributed by atoms with Gasteiger partial charge < -0.3 is 22.5 Å². The highest BCUT2D eigenvalue weighted by Crippen LogP contribution is 2.19. The third kappa shape index (κ3) is 8.81. The van der Waals surface area contributed by atoms with Gasteiger partial charge in [0.15, 0.2) is 23.6 Å². The first-order chi connectivity index (χ1) is 18.6. The number of nitrogens with one attached hydrogen (secondary N) is 3. The van der Waals surface area contributed by atoms with Gasteiger partial charge in [0.2, 0.25) is 5.95 Å². The van der Waals surface area contributed by atoms with Crippen LogP contribution in [0.5, 0.6) is 0 Å². The Morgan fingerprint density at radius 2 is 1.62 bits per heavy atom. The molecule has 1 heterocycles. The molecule has 0 fully saturated rings. The van der Waals surface area contributed by atoms with Crippen molar-refractivity contribution >= 4 is 17.9 Å². The van der Waals surface area contributed by atoms with E-state index in [-0.39, 0.29) is 42.0 Å². The first-order valence-corrected chi connectivity index (χ1v) is 12.0. The summed E-state index contributed by atoms with van der Waals surface area (Å²) in [4.78, 5) is 27.1. The molecule has 9 N–H and O–H groups in total. The topological polar surface area (TPSA) is 173 Å². The van der Waals surface area contributed by atoms with Crippen LogP contribution in [-0.4, -0.2) is 41.5 Å². The molecule has 0 aliphatic rings. The normalized spacial score (nSPS) is 11.4. The molecule has 0 amide bonds. The zero-order valence-corrected chi connectivity index (χ0v) is 20.9. The van der Waals surface area contributed by atoms with Gasteiger partial charge in [-0.05, 0) is 49.1 Å². The van der Waals surface area contributed by atoms with Crippen LogP contribution >= 0.6 is 0 Å². The van der Waals surface area contributed by atoms with Crippen molar-refractivity contribution in [1.29, 1.82) is 0 Å². The van der Waals surface area contributed by atoms with E-state index in [9.17, 15) is 22.4 Å². The zero-order valence-electron chi connectivity index (χ0n) is 20.9. The highest BCUT2D eigenvalue weighted by Gasteiger charge is 2.11. The maximum absolute atomic E-state index is 14.6. The van der Waals surface area contributed by atoms with Crippen LogP contribution in [0.1, 0.15) is 24.0 Å². The summed E-state index contributed by atoms with van der Waals surface area (Å²) in [6.07, 6.45) is 2.39. The Bertz CT molecular complexity index is 1400. The Hall–Kier alpha value is -4.46. The average molecular weight is 548 g/mol. The maximum Gasteiger partial charge on any atom is 0.260 e. The minimum absolute atomic E-state index is 0.0127. The van der Waals surface area contributed by atoms with Crippen LogP contribution in [0.4, 0.5) is 23.5 Å². The molecule has 0 saturated heterocycles. The van der Waals surface area contributed by atoms with Crippen LogP contribution < -0.4 is 33.4 Å². The number of anilines is 1. The van der Waals surface area contributed by atoms with Gasteiger partial charge in [0.1, 0.15) is 11.6 Å². The van der Waals surface area contributed by atoms with Gasteiger partial charge in [-0.15, -0.1) is 0 Å². The van der Waals surface area contributed by atoms with E-state index in [1.807, 2.05) is 0 Å². The molecule has 14 heteroatoms. The van der Waals surface area contributed by atoms with Gasteiger partial charge in [-0.1, -0.05) is 12.1 Å². The number of hydrogen-bond acceptors (Lipinski definition) is 5. The van der Waals surface area contributed by atoms with Crippen molar-refractivity contribution in [1.82, 2.24) is 15.3 Å². The molecule has 1 aromatic heterocycles. The molecule has 0 radical (unpaired) electrons. The number of benzene rings is 2. The van der Waals surface area contributed by atoms with E-state index in [4.69, 9.17) is 17.2 Å². The van der Waals surface area contributed by atoms with Crippen molar-refractivity contribution in [3.63, 3.8) is 0 Å². The van der Waals surface area contributed by atoms with Crippen molar-refractivity contribution in [3.8, 4) is 11.1 Å². The smallest absolute Gasteiger partial charge is 0.260 e. The number of H-pyrrole nitrogens is 1. The predicted molar refractivity (Wildman–Crippen MR) is 142 cm³/mol. The number of nitrogens with zero attached hydrogens (tertiary/aromatic N) is 3. The van der Waals surface area contributed by atoms with E-state index < -0.39 is 28.8 Å². The monoisotopic (exact) mass is 547 g/mol. The highest BCUT2D eigenvalue weighted by molar-refractivity contribution is 5.90. The molecule has 0 bridgehead atoms. The number of nitrogens with two attached hydrogens (primary N) is 3. The lowest BCUT2D eigenvalue weighted by atomic mass is 10.1. The summed E-state index contributed by atoms with van der Waals surface area (Å²) in [7, 11) is 0. The molecule has 0 saturated carbocycles. The fourth-order valence-electron chi connectivity index (χ4n) is 3.54. The van der Waals surface area contributed by atoms with Crippen molar-refractivity contribution in [2.75, 3.05) is 25.0 Å². The van der Waals surface area contributed by atoms with Crippen molar-refractivity contribution in [2.45, 2.75) is 25.8 Å². The van der Waals surface area contributed by atoms with Crippen LogP contribution in [-0.2, 0) is 13.0 Å². The zero-order chi connectivity index (χ0) is 28.4. The first kappa shape index (κ1) is 29.1. The Kier molecular flexibility index (Phi) is 10.4. The van der Waals surface area contributed by atoms with Gasteiger partial charge in [-0.2, -0.15) is 0 Å². The van der Waals surface area contributed by atoms with E-state index in [2.05, 4.69) is 30.6 Å². The number of halogens is 4. The van der Waals surface area contributed by atoms with E-state index >= 15 is 0 Å². The Morgan fingerprint density at radius 3 is 2.33 bits per heavy atom. The standard InChI is InChI=1S/C25H29F4N9O/c26-18-9-14(4-5-16(18)12-33-6-2-8-34-23(30)31)17-13-36-25(37-22(17)39)38-24(32)35-7-1-3-15-10-20(28)21(29)11-19(15)27/h4-5,9-11,13,33H,1-3,6-8,12H2,(H4,30,31,34)(H4,32,35,36,37,38,39). The Balaban J connectivity index is 1.53. The molecular formula is C25H29F4N9O. The van der Waals surface area contributed by atoms with Gasteiger partial charge in [0, 0.05) is 37.5 Å². The van der Waals surface area contributed by atoms with Crippen molar-refractivity contribution in [3.05, 3.63) is 81.3 Å². The molecule has 2 aromatic carbocycles. The van der Waals surface area contributed by atoms with Gasteiger partial charge in [0.05, 0.1) is 5.56 Å². The highest BCUT2D eigenvalue weighted by atomic mass is 19.2. The molecule has 0 unspecified atom stereocenters. The molecule has 0 aliphatic carbocycles. The summed E-state index contributed by atoms with van der Waals surface area (Å²) in [6.45, 7) is 1.50. The third-order valence-corrected chi connectivity index (χ3v) is 5.51.